The Morgan fingerprint density at radius 1 is 0.929 bits per heavy atom. The van der Waals surface area contributed by atoms with Gasteiger partial charge in [-0.05, 0) is 41.5 Å². The van der Waals surface area contributed by atoms with Crippen molar-refractivity contribution >= 4 is 5.91 Å². The fourth-order valence-corrected chi connectivity index (χ4v) is 2.79. The van der Waals surface area contributed by atoms with Gasteiger partial charge in [0.15, 0.2) is 0 Å². The summed E-state index contributed by atoms with van der Waals surface area (Å²) in [5.74, 6) is -1.23. The summed E-state index contributed by atoms with van der Waals surface area (Å²) in [5, 5.41) is 2.77. The molecular formula is C21H16F4N2O. The van der Waals surface area contributed by atoms with Gasteiger partial charge in [0, 0.05) is 24.2 Å². The third-order valence-corrected chi connectivity index (χ3v) is 4.25. The van der Waals surface area contributed by atoms with E-state index < -0.39 is 23.6 Å². The predicted octanol–water partition coefficient (Wildman–Crippen LogP) is 4.80. The van der Waals surface area contributed by atoms with Crippen molar-refractivity contribution < 1.29 is 22.4 Å². The molecule has 2 aromatic carbocycles. The molecule has 0 bridgehead atoms. The molecule has 28 heavy (non-hydrogen) atoms. The Bertz CT molecular complexity index is 923. The zero-order valence-corrected chi connectivity index (χ0v) is 14.6. The number of halogens is 4. The van der Waals surface area contributed by atoms with Crippen molar-refractivity contribution in [3.05, 3.63) is 101 Å². The Hall–Kier alpha value is -3.22. The summed E-state index contributed by atoms with van der Waals surface area (Å²) in [6.45, 7) is 0.117. The second-order valence-corrected chi connectivity index (χ2v) is 6.15. The number of carbonyl (C=O) groups is 1. The second kappa shape index (κ2) is 8.21. The Kier molecular flexibility index (Phi) is 5.73. The van der Waals surface area contributed by atoms with Gasteiger partial charge in [-0.2, -0.15) is 13.2 Å². The van der Waals surface area contributed by atoms with Crippen LogP contribution in [0.4, 0.5) is 17.6 Å². The summed E-state index contributed by atoms with van der Waals surface area (Å²) in [6.07, 6.45) is -3.41. The lowest BCUT2D eigenvalue weighted by atomic mass is 9.92. The fraction of sp³-hybridized carbons (Fsp3) is 0.143. The number of nitrogens with one attached hydrogen (secondary N) is 1. The number of alkyl halides is 3. The summed E-state index contributed by atoms with van der Waals surface area (Å²) >= 11 is 0. The zero-order valence-electron chi connectivity index (χ0n) is 14.6. The molecule has 144 valence electrons. The number of benzene rings is 2. The van der Waals surface area contributed by atoms with E-state index in [1.54, 1.807) is 30.3 Å². The van der Waals surface area contributed by atoms with Crippen LogP contribution >= 0.6 is 0 Å². The van der Waals surface area contributed by atoms with Crippen molar-refractivity contribution in [1.29, 1.82) is 0 Å². The summed E-state index contributed by atoms with van der Waals surface area (Å²) in [7, 11) is 0. The molecule has 0 aliphatic carbocycles. The Labute approximate surface area is 159 Å². The number of pyridine rings is 1. The van der Waals surface area contributed by atoms with Gasteiger partial charge in [0.05, 0.1) is 0 Å². The molecular weight excluding hydrogens is 372 g/mol. The molecule has 1 N–H and O–H groups in total. The maximum absolute atomic E-state index is 13.3. The minimum Gasteiger partial charge on any atom is -0.351 e. The first-order chi connectivity index (χ1) is 13.3. The molecule has 0 saturated carbocycles. The van der Waals surface area contributed by atoms with Crippen molar-refractivity contribution in [3.8, 4) is 0 Å². The van der Waals surface area contributed by atoms with E-state index in [0.717, 1.165) is 12.3 Å². The first kappa shape index (κ1) is 19.5. The van der Waals surface area contributed by atoms with Gasteiger partial charge < -0.3 is 5.32 Å². The SMILES string of the molecule is O=C(NCC(c1ccc(F)cc1)c1ccc(C(F)(F)F)nc1)c1ccccc1. The predicted molar refractivity (Wildman–Crippen MR) is 96.3 cm³/mol. The quantitative estimate of drug-likeness (QED) is 0.638. The molecule has 0 fully saturated rings. The minimum atomic E-state index is -4.54. The molecule has 0 saturated heterocycles. The summed E-state index contributed by atoms with van der Waals surface area (Å²) in [6, 6.07) is 16.4. The first-order valence-electron chi connectivity index (χ1n) is 8.46. The van der Waals surface area contributed by atoms with E-state index in [0.29, 0.717) is 16.7 Å². The van der Waals surface area contributed by atoms with Crippen molar-refractivity contribution in [3.63, 3.8) is 0 Å². The van der Waals surface area contributed by atoms with Crippen LogP contribution in [0.25, 0.3) is 0 Å². The van der Waals surface area contributed by atoms with Gasteiger partial charge in [0.2, 0.25) is 0 Å². The summed E-state index contributed by atoms with van der Waals surface area (Å²) in [4.78, 5) is 15.8. The van der Waals surface area contributed by atoms with Gasteiger partial charge in [0.1, 0.15) is 11.5 Å². The van der Waals surface area contributed by atoms with Crippen LogP contribution in [0, 0.1) is 5.82 Å². The average molecular weight is 388 g/mol. The summed E-state index contributed by atoms with van der Waals surface area (Å²) < 4.78 is 51.6. The monoisotopic (exact) mass is 388 g/mol. The lowest BCUT2D eigenvalue weighted by Crippen LogP contribution is -2.29. The topological polar surface area (TPSA) is 42.0 Å². The largest absolute Gasteiger partial charge is 0.433 e. The molecule has 3 nitrogen and oxygen atoms in total. The summed E-state index contributed by atoms with van der Waals surface area (Å²) in [5.41, 5.74) is 0.595. The maximum atomic E-state index is 13.3. The highest BCUT2D eigenvalue weighted by atomic mass is 19.4. The molecule has 1 heterocycles. The molecule has 3 aromatic rings. The van der Waals surface area contributed by atoms with E-state index in [1.165, 1.54) is 30.3 Å². The smallest absolute Gasteiger partial charge is 0.351 e. The molecule has 0 aliphatic heterocycles. The molecule has 1 aromatic heterocycles. The van der Waals surface area contributed by atoms with Gasteiger partial charge in [-0.1, -0.05) is 36.4 Å². The highest BCUT2D eigenvalue weighted by Crippen LogP contribution is 2.30. The standard InChI is InChI=1S/C21H16F4N2O/c22-17-9-6-14(7-10-17)18(13-27-20(28)15-4-2-1-3-5-15)16-8-11-19(26-12-16)21(23,24)25/h1-12,18H,13H2,(H,27,28). The van der Waals surface area contributed by atoms with E-state index in [2.05, 4.69) is 10.3 Å². The first-order valence-corrected chi connectivity index (χ1v) is 8.46. The number of rotatable bonds is 5. The molecule has 0 aliphatic rings. The molecule has 1 unspecified atom stereocenters. The highest BCUT2D eigenvalue weighted by Gasteiger charge is 2.32. The second-order valence-electron chi connectivity index (χ2n) is 6.15. The van der Waals surface area contributed by atoms with Crippen LogP contribution in [0.5, 0.6) is 0 Å². The van der Waals surface area contributed by atoms with Crippen LogP contribution in [0.2, 0.25) is 0 Å². The van der Waals surface area contributed by atoms with Crippen molar-refractivity contribution in [2.75, 3.05) is 6.54 Å². The van der Waals surface area contributed by atoms with Crippen molar-refractivity contribution in [1.82, 2.24) is 10.3 Å². The molecule has 7 heteroatoms. The van der Waals surface area contributed by atoms with Gasteiger partial charge in [0.25, 0.3) is 5.91 Å². The molecule has 3 rings (SSSR count). The lowest BCUT2D eigenvalue weighted by molar-refractivity contribution is -0.141. The van der Waals surface area contributed by atoms with Crippen LogP contribution in [0.3, 0.4) is 0 Å². The van der Waals surface area contributed by atoms with E-state index in [-0.39, 0.29) is 12.5 Å². The number of amides is 1. The van der Waals surface area contributed by atoms with Crippen LogP contribution < -0.4 is 5.32 Å². The van der Waals surface area contributed by atoms with E-state index >= 15 is 0 Å². The molecule has 1 atom stereocenters. The van der Waals surface area contributed by atoms with Crippen LogP contribution in [-0.4, -0.2) is 17.4 Å². The Morgan fingerprint density at radius 2 is 1.57 bits per heavy atom. The van der Waals surface area contributed by atoms with Gasteiger partial charge in [-0.25, -0.2) is 4.39 Å². The molecule has 0 radical (unpaired) electrons. The number of nitrogens with zero attached hydrogens (tertiary/aromatic N) is 1. The fourth-order valence-electron chi connectivity index (χ4n) is 2.79. The average Bonchev–Trinajstić information content (AvgIpc) is 2.69. The maximum Gasteiger partial charge on any atom is 0.433 e. The molecule has 0 spiro atoms. The number of carbonyl (C=O) groups excluding carboxylic acids is 1. The minimum absolute atomic E-state index is 0.117. The number of hydrogen-bond donors (Lipinski definition) is 1. The normalized spacial score (nSPS) is 12.4. The Balaban J connectivity index is 1.85. The van der Waals surface area contributed by atoms with Gasteiger partial charge in [-0.15, -0.1) is 0 Å². The van der Waals surface area contributed by atoms with Gasteiger partial charge in [-0.3, -0.25) is 9.78 Å². The zero-order chi connectivity index (χ0) is 20.1. The number of hydrogen-bond acceptors (Lipinski definition) is 2. The third kappa shape index (κ3) is 4.73. The van der Waals surface area contributed by atoms with Crippen LogP contribution in [0.1, 0.15) is 33.1 Å². The highest BCUT2D eigenvalue weighted by molar-refractivity contribution is 5.94. The van der Waals surface area contributed by atoms with E-state index in [4.69, 9.17) is 0 Å². The van der Waals surface area contributed by atoms with Crippen LogP contribution in [-0.2, 0) is 6.18 Å². The Morgan fingerprint density at radius 3 is 2.14 bits per heavy atom. The third-order valence-electron chi connectivity index (χ3n) is 4.25. The van der Waals surface area contributed by atoms with Crippen LogP contribution in [0.15, 0.2) is 72.9 Å². The van der Waals surface area contributed by atoms with E-state index in [1.807, 2.05) is 0 Å². The van der Waals surface area contributed by atoms with Crippen molar-refractivity contribution in [2.24, 2.45) is 0 Å². The van der Waals surface area contributed by atoms with E-state index in [9.17, 15) is 22.4 Å². The lowest BCUT2D eigenvalue weighted by Gasteiger charge is -2.19. The van der Waals surface area contributed by atoms with Gasteiger partial charge >= 0.3 is 6.18 Å². The van der Waals surface area contributed by atoms with Crippen molar-refractivity contribution in [2.45, 2.75) is 12.1 Å². The molecule has 1 amide bonds. The number of aromatic nitrogens is 1.